The Labute approximate surface area is 439 Å². The summed E-state index contributed by atoms with van der Waals surface area (Å²) >= 11 is 0. The molecule has 6 aromatic carbocycles. The molecule has 12 nitrogen and oxygen atoms in total. The maximum Gasteiger partial charge on any atom is 0.337 e. The van der Waals surface area contributed by atoms with Crippen molar-refractivity contribution in [2.75, 3.05) is 31.1 Å². The highest BCUT2D eigenvalue weighted by molar-refractivity contribution is 6.05. The Balaban J connectivity index is 0.000000219. The van der Waals surface area contributed by atoms with Crippen molar-refractivity contribution in [2.24, 2.45) is 10.8 Å². The molecular formula is C63H66N4O8. The van der Waals surface area contributed by atoms with Gasteiger partial charge in [-0.2, -0.15) is 0 Å². The highest BCUT2D eigenvalue weighted by Crippen LogP contribution is 2.34. The molecule has 386 valence electrons. The molecular weight excluding hydrogens is 941 g/mol. The van der Waals surface area contributed by atoms with Crippen molar-refractivity contribution < 1.29 is 38.5 Å². The first kappa shape index (κ1) is 54.4. The number of hydrogen-bond donors (Lipinski definition) is 1. The molecule has 0 aliphatic carbocycles. The largest absolute Gasteiger partial charge is 0.496 e. The standard InChI is InChI=1S/C32H34N2O4.C31H32N2O4/c1-21-17-24(12-14-28(21)37-5)23-9-7-22(8-10-23)20-34(29(35)19-32(2,3)4)30-27-13-11-26(31(36)38-6)18-25(27)15-16-33-30;1-20-16-23(11-13-27(20)37-5)22-8-6-21(7-9-22)19-33(28(34)18-31(2,3)4)29-26-12-10-25(30(35)36)17-24(26)14-15-32-29/h7-18H,19-20H2,1-6H3;6-17H,18-19H2,1-5H3,(H,35,36). The van der Waals surface area contributed by atoms with Crippen LogP contribution in [0.5, 0.6) is 11.5 Å². The van der Waals surface area contributed by atoms with Gasteiger partial charge in [0.25, 0.3) is 0 Å². The van der Waals surface area contributed by atoms with E-state index < -0.39 is 11.9 Å². The molecule has 0 atom stereocenters. The van der Waals surface area contributed by atoms with Crippen LogP contribution in [0.2, 0.25) is 0 Å². The molecule has 0 spiro atoms. The summed E-state index contributed by atoms with van der Waals surface area (Å²) in [4.78, 5) is 63.3. The van der Waals surface area contributed by atoms with Crippen LogP contribution in [0, 0.1) is 24.7 Å². The van der Waals surface area contributed by atoms with Crippen molar-refractivity contribution in [2.45, 2.75) is 81.3 Å². The minimum Gasteiger partial charge on any atom is -0.496 e. The molecule has 2 heterocycles. The number of carboxylic acids is 1. The van der Waals surface area contributed by atoms with E-state index in [0.29, 0.717) is 43.1 Å². The number of carboxylic acid groups (broad SMARTS) is 1. The van der Waals surface area contributed by atoms with E-state index in [9.17, 15) is 24.3 Å². The Morgan fingerprint density at radius 1 is 0.493 bits per heavy atom. The molecule has 0 bridgehead atoms. The number of amides is 2. The van der Waals surface area contributed by atoms with Gasteiger partial charge in [-0.1, -0.05) is 102 Å². The monoisotopic (exact) mass is 1010 g/mol. The first-order chi connectivity index (χ1) is 35.6. The van der Waals surface area contributed by atoms with Gasteiger partial charge in [0.1, 0.15) is 23.1 Å². The molecule has 2 aromatic heterocycles. The molecule has 0 unspecified atom stereocenters. The number of anilines is 2. The summed E-state index contributed by atoms with van der Waals surface area (Å²) in [6.07, 6.45) is 4.01. The molecule has 0 saturated heterocycles. The molecule has 0 saturated carbocycles. The minimum atomic E-state index is -0.993. The average Bonchev–Trinajstić information content (AvgIpc) is 3.38. The van der Waals surface area contributed by atoms with Crippen LogP contribution < -0.4 is 19.3 Å². The quantitative estimate of drug-likeness (QED) is 0.104. The zero-order chi connectivity index (χ0) is 54.2. The van der Waals surface area contributed by atoms with Crippen molar-refractivity contribution in [3.05, 3.63) is 179 Å². The van der Waals surface area contributed by atoms with Gasteiger partial charge in [0.05, 0.1) is 45.5 Å². The zero-order valence-electron chi connectivity index (χ0n) is 44.8. The fourth-order valence-electron chi connectivity index (χ4n) is 8.88. The molecule has 8 aromatic rings. The van der Waals surface area contributed by atoms with E-state index in [1.54, 1.807) is 72.8 Å². The molecule has 0 aliphatic rings. The number of ether oxygens (including phenoxy) is 3. The summed E-state index contributed by atoms with van der Waals surface area (Å²) < 4.78 is 15.6. The van der Waals surface area contributed by atoms with E-state index in [1.807, 2.05) is 116 Å². The lowest BCUT2D eigenvalue weighted by atomic mass is 9.91. The Kier molecular flexibility index (Phi) is 16.8. The minimum absolute atomic E-state index is 0.00981. The van der Waals surface area contributed by atoms with E-state index in [-0.39, 0.29) is 28.2 Å². The van der Waals surface area contributed by atoms with Crippen LogP contribution in [0.25, 0.3) is 43.8 Å². The number of pyridine rings is 2. The number of methoxy groups -OCH3 is 3. The summed E-state index contributed by atoms with van der Waals surface area (Å²) in [7, 11) is 4.70. The van der Waals surface area contributed by atoms with E-state index in [2.05, 4.69) is 46.4 Å². The van der Waals surface area contributed by atoms with Crippen LogP contribution in [-0.2, 0) is 27.4 Å². The zero-order valence-corrected chi connectivity index (χ0v) is 44.8. The maximum absolute atomic E-state index is 13.6. The smallest absolute Gasteiger partial charge is 0.337 e. The van der Waals surface area contributed by atoms with Crippen molar-refractivity contribution in [3.8, 4) is 33.8 Å². The third-order valence-corrected chi connectivity index (χ3v) is 12.7. The molecule has 1 N–H and O–H groups in total. The molecule has 75 heavy (non-hydrogen) atoms. The number of benzene rings is 6. The highest BCUT2D eigenvalue weighted by Gasteiger charge is 2.27. The van der Waals surface area contributed by atoms with Crippen molar-refractivity contribution in [3.63, 3.8) is 0 Å². The van der Waals surface area contributed by atoms with Crippen molar-refractivity contribution in [1.29, 1.82) is 0 Å². The van der Waals surface area contributed by atoms with Crippen LogP contribution in [0.3, 0.4) is 0 Å². The molecule has 0 aliphatic heterocycles. The predicted octanol–water partition coefficient (Wildman–Crippen LogP) is 13.9. The highest BCUT2D eigenvalue weighted by atomic mass is 16.5. The summed E-state index contributed by atoms with van der Waals surface area (Å²) in [5.74, 6) is 1.37. The molecule has 0 fully saturated rings. The number of esters is 1. The normalized spacial score (nSPS) is 11.3. The van der Waals surface area contributed by atoms with Crippen LogP contribution in [-0.4, -0.2) is 60.2 Å². The molecule has 8 rings (SSSR count). The molecule has 0 radical (unpaired) electrons. The van der Waals surface area contributed by atoms with Gasteiger partial charge in [0, 0.05) is 36.0 Å². The average molecular weight is 1010 g/mol. The fraction of sp³-hybridized carbons (Fsp3) is 0.270. The summed E-state index contributed by atoms with van der Waals surface area (Å²) in [5.41, 5.74) is 8.72. The topological polar surface area (TPSA) is 148 Å². The Hall–Kier alpha value is -8.38. The van der Waals surface area contributed by atoms with Gasteiger partial charge in [-0.25, -0.2) is 19.6 Å². The number of aromatic carboxylic acids is 1. The van der Waals surface area contributed by atoms with E-state index in [1.165, 1.54) is 7.11 Å². The second-order valence-electron chi connectivity index (χ2n) is 21.1. The van der Waals surface area contributed by atoms with E-state index in [4.69, 9.17) is 14.2 Å². The number of carbonyl (C=O) groups is 4. The van der Waals surface area contributed by atoms with Crippen LogP contribution in [0.1, 0.15) is 97.4 Å². The predicted molar refractivity (Wildman–Crippen MR) is 299 cm³/mol. The number of hydrogen-bond acceptors (Lipinski definition) is 9. The lowest BCUT2D eigenvalue weighted by molar-refractivity contribution is -0.121. The van der Waals surface area contributed by atoms with Gasteiger partial charge in [-0.3, -0.25) is 19.4 Å². The Morgan fingerprint density at radius 3 is 1.24 bits per heavy atom. The first-order valence-electron chi connectivity index (χ1n) is 24.8. The Morgan fingerprint density at radius 2 is 0.880 bits per heavy atom. The maximum atomic E-state index is 13.6. The third kappa shape index (κ3) is 13.6. The van der Waals surface area contributed by atoms with Crippen LogP contribution in [0.4, 0.5) is 11.6 Å². The first-order valence-corrected chi connectivity index (χ1v) is 24.8. The summed E-state index contributed by atoms with van der Waals surface area (Å²) in [6, 6.07) is 42.4. The van der Waals surface area contributed by atoms with Gasteiger partial charge in [-0.05, 0) is 153 Å². The van der Waals surface area contributed by atoms with E-state index in [0.717, 1.165) is 77.6 Å². The van der Waals surface area contributed by atoms with Crippen LogP contribution in [0.15, 0.2) is 146 Å². The number of aromatic nitrogens is 2. The van der Waals surface area contributed by atoms with E-state index >= 15 is 0 Å². The van der Waals surface area contributed by atoms with Gasteiger partial charge in [0.15, 0.2) is 0 Å². The summed E-state index contributed by atoms with van der Waals surface area (Å²) in [6.45, 7) is 17.0. The van der Waals surface area contributed by atoms with Gasteiger partial charge in [-0.15, -0.1) is 0 Å². The SMILES string of the molecule is COC(=O)c1ccc2c(N(Cc3ccc(-c4ccc(OC)c(C)c4)cc3)C(=O)CC(C)(C)C)nccc2c1.COc1ccc(-c2ccc(CN(C(=O)CC(C)(C)C)c3nccc4cc(C(=O)O)ccc34)cc2)cc1C. The lowest BCUT2D eigenvalue weighted by Crippen LogP contribution is -2.34. The van der Waals surface area contributed by atoms with Gasteiger partial charge >= 0.3 is 11.9 Å². The lowest BCUT2D eigenvalue weighted by Gasteiger charge is -2.27. The second-order valence-corrected chi connectivity index (χ2v) is 21.1. The third-order valence-electron chi connectivity index (χ3n) is 12.7. The van der Waals surface area contributed by atoms with Crippen molar-refractivity contribution in [1.82, 2.24) is 9.97 Å². The van der Waals surface area contributed by atoms with Gasteiger partial charge < -0.3 is 19.3 Å². The Bertz CT molecular complexity index is 3370. The number of rotatable bonds is 14. The number of carbonyl (C=O) groups excluding carboxylic acids is 3. The summed E-state index contributed by atoms with van der Waals surface area (Å²) in [5, 5.41) is 12.5. The molecule has 2 amide bonds. The van der Waals surface area contributed by atoms with Gasteiger partial charge in [0.2, 0.25) is 11.8 Å². The second kappa shape index (κ2) is 23.2. The number of aryl methyl sites for hydroxylation is 2. The number of fused-ring (bicyclic) bond motifs is 2. The van der Waals surface area contributed by atoms with Crippen LogP contribution >= 0.6 is 0 Å². The molecule has 12 heteroatoms. The van der Waals surface area contributed by atoms with Crippen molar-refractivity contribution >= 4 is 56.9 Å². The fourth-order valence-corrected chi connectivity index (χ4v) is 8.88. The number of nitrogens with zero attached hydrogens (tertiary/aromatic N) is 4.